The number of nitrogens with zero attached hydrogens (tertiary/aromatic N) is 1. The molecule has 144 valence electrons. The Balaban J connectivity index is 2.22. The molecule has 0 aliphatic rings. The minimum Gasteiger partial charge on any atom is -0.347 e. The normalized spacial score (nSPS) is 11.8. The molecule has 0 unspecified atom stereocenters. The predicted octanol–water partition coefficient (Wildman–Crippen LogP) is 4.53. The van der Waals surface area contributed by atoms with Crippen molar-refractivity contribution in [3.8, 4) is 0 Å². The number of anilines is 1. The highest BCUT2D eigenvalue weighted by atomic mass is 35.5. The van der Waals surface area contributed by atoms with Crippen LogP contribution >= 0.6 is 11.6 Å². The molecule has 0 saturated heterocycles. The van der Waals surface area contributed by atoms with Gasteiger partial charge in [0.2, 0.25) is 0 Å². The molecule has 0 atom stereocenters. The fourth-order valence-electron chi connectivity index (χ4n) is 2.12. The molecule has 0 spiro atoms. The Morgan fingerprint density at radius 2 is 1.59 bits per heavy atom. The van der Waals surface area contributed by atoms with Crippen molar-refractivity contribution in [3.05, 3.63) is 58.4 Å². The first-order valence-electron chi connectivity index (χ1n) is 7.82. The smallest absolute Gasteiger partial charge is 0.347 e. The third kappa shape index (κ3) is 5.68. The molecule has 1 heterocycles. The van der Waals surface area contributed by atoms with Gasteiger partial charge in [-0.25, -0.2) is 0 Å². The molecule has 2 amide bonds. The monoisotopic (exact) mass is 399 g/mol. The van der Waals surface area contributed by atoms with Gasteiger partial charge in [0.05, 0.1) is 21.7 Å². The van der Waals surface area contributed by atoms with Crippen LogP contribution in [0.4, 0.5) is 18.9 Å². The molecule has 2 N–H and O–H groups in total. The molecule has 2 aromatic rings. The van der Waals surface area contributed by atoms with Gasteiger partial charge in [-0.05, 0) is 45.0 Å². The van der Waals surface area contributed by atoms with Crippen LogP contribution in [0, 0.1) is 0 Å². The van der Waals surface area contributed by atoms with Crippen molar-refractivity contribution in [2.24, 2.45) is 0 Å². The quantitative estimate of drug-likeness (QED) is 0.796. The molecule has 0 saturated carbocycles. The Hall–Kier alpha value is -2.61. The lowest BCUT2D eigenvalue weighted by Crippen LogP contribution is -2.40. The highest BCUT2D eigenvalue weighted by Gasteiger charge is 2.33. The van der Waals surface area contributed by atoms with Gasteiger partial charge in [0.1, 0.15) is 0 Å². The Kier molecular flexibility index (Phi) is 5.79. The van der Waals surface area contributed by atoms with Crippen molar-refractivity contribution in [1.82, 2.24) is 10.3 Å². The first-order chi connectivity index (χ1) is 12.4. The van der Waals surface area contributed by atoms with Crippen LogP contribution in [0.5, 0.6) is 0 Å². The van der Waals surface area contributed by atoms with E-state index < -0.39 is 34.1 Å². The van der Waals surface area contributed by atoms with E-state index in [0.717, 1.165) is 12.1 Å². The fraction of sp³-hybridized carbons (Fsp3) is 0.278. The van der Waals surface area contributed by atoms with E-state index >= 15 is 0 Å². The van der Waals surface area contributed by atoms with Crippen LogP contribution in [0.25, 0.3) is 0 Å². The summed E-state index contributed by atoms with van der Waals surface area (Å²) in [4.78, 5) is 28.3. The average Bonchev–Trinajstić information content (AvgIpc) is 2.54. The number of carbonyl (C=O) groups excluding carboxylic acids is 2. The first-order valence-corrected chi connectivity index (χ1v) is 8.20. The number of rotatable bonds is 3. The van der Waals surface area contributed by atoms with Gasteiger partial charge >= 0.3 is 6.18 Å². The molecule has 0 aliphatic carbocycles. The number of pyridine rings is 1. The van der Waals surface area contributed by atoms with Gasteiger partial charge in [0.25, 0.3) is 11.8 Å². The average molecular weight is 400 g/mol. The molecular formula is C18H17ClF3N3O2. The molecule has 0 aliphatic heterocycles. The van der Waals surface area contributed by atoms with Gasteiger partial charge in [0, 0.05) is 23.6 Å². The minimum atomic E-state index is -4.65. The molecule has 0 radical (unpaired) electrons. The summed E-state index contributed by atoms with van der Waals surface area (Å²) in [6.45, 7) is 5.40. The third-order valence-electron chi connectivity index (χ3n) is 3.28. The van der Waals surface area contributed by atoms with Crippen molar-refractivity contribution in [3.63, 3.8) is 0 Å². The number of alkyl halides is 3. The van der Waals surface area contributed by atoms with Gasteiger partial charge in [-0.15, -0.1) is 0 Å². The Morgan fingerprint density at radius 3 is 2.15 bits per heavy atom. The summed E-state index contributed by atoms with van der Waals surface area (Å²) in [6.07, 6.45) is -2.14. The predicted molar refractivity (Wildman–Crippen MR) is 95.9 cm³/mol. The van der Waals surface area contributed by atoms with Gasteiger partial charge in [-0.1, -0.05) is 11.6 Å². The van der Waals surface area contributed by atoms with Crippen molar-refractivity contribution < 1.29 is 22.8 Å². The van der Waals surface area contributed by atoms with E-state index in [-0.39, 0.29) is 16.8 Å². The molecule has 27 heavy (non-hydrogen) atoms. The first kappa shape index (κ1) is 20.7. The lowest BCUT2D eigenvalue weighted by Gasteiger charge is -2.20. The third-order valence-corrected chi connectivity index (χ3v) is 3.61. The second-order valence-corrected chi connectivity index (χ2v) is 7.22. The topological polar surface area (TPSA) is 71.1 Å². The number of carbonyl (C=O) groups is 2. The molecule has 9 heteroatoms. The van der Waals surface area contributed by atoms with E-state index in [1.165, 1.54) is 24.5 Å². The summed E-state index contributed by atoms with van der Waals surface area (Å²) < 4.78 is 38.7. The van der Waals surface area contributed by atoms with Crippen LogP contribution in [0.1, 0.15) is 47.1 Å². The SMILES string of the molecule is CC(C)(C)NC(=O)c1cncc(C(=O)Nc2ccc(Cl)c(C(F)(F)F)c2)c1. The van der Waals surface area contributed by atoms with E-state index in [0.29, 0.717) is 0 Å². The zero-order chi connectivity index (χ0) is 20.4. The molecule has 1 aromatic carbocycles. The fourth-order valence-corrected chi connectivity index (χ4v) is 2.35. The van der Waals surface area contributed by atoms with Gasteiger partial charge in [-0.3, -0.25) is 14.6 Å². The number of amides is 2. The van der Waals surface area contributed by atoms with E-state index in [4.69, 9.17) is 11.6 Å². The Morgan fingerprint density at radius 1 is 1.00 bits per heavy atom. The summed E-state index contributed by atoms with van der Waals surface area (Å²) in [5.41, 5.74) is -1.43. The highest BCUT2D eigenvalue weighted by molar-refractivity contribution is 6.31. The van der Waals surface area contributed by atoms with Crippen molar-refractivity contribution in [1.29, 1.82) is 0 Å². The maximum absolute atomic E-state index is 12.9. The van der Waals surface area contributed by atoms with Crippen LogP contribution in [0.3, 0.4) is 0 Å². The molecular weight excluding hydrogens is 383 g/mol. The Labute approximate surface area is 158 Å². The van der Waals surface area contributed by atoms with Crippen LogP contribution in [-0.2, 0) is 6.18 Å². The number of hydrogen-bond donors (Lipinski definition) is 2. The molecule has 1 aromatic heterocycles. The molecule has 2 rings (SSSR count). The highest BCUT2D eigenvalue weighted by Crippen LogP contribution is 2.36. The second kappa shape index (κ2) is 7.56. The maximum Gasteiger partial charge on any atom is 0.417 e. The number of benzene rings is 1. The summed E-state index contributed by atoms with van der Waals surface area (Å²) in [5.74, 6) is -1.13. The van der Waals surface area contributed by atoms with E-state index in [1.807, 2.05) is 0 Å². The lowest BCUT2D eigenvalue weighted by atomic mass is 10.1. The van der Waals surface area contributed by atoms with Crippen molar-refractivity contribution >= 4 is 29.1 Å². The molecule has 0 bridgehead atoms. The number of aromatic nitrogens is 1. The van der Waals surface area contributed by atoms with Crippen LogP contribution < -0.4 is 10.6 Å². The maximum atomic E-state index is 12.9. The zero-order valence-corrected chi connectivity index (χ0v) is 15.5. The van der Waals surface area contributed by atoms with Gasteiger partial charge in [0.15, 0.2) is 0 Å². The summed E-state index contributed by atoms with van der Waals surface area (Å²) >= 11 is 5.56. The second-order valence-electron chi connectivity index (χ2n) is 6.81. The Bertz CT molecular complexity index is 877. The number of halogens is 4. The largest absolute Gasteiger partial charge is 0.417 e. The zero-order valence-electron chi connectivity index (χ0n) is 14.7. The van der Waals surface area contributed by atoms with E-state index in [1.54, 1.807) is 20.8 Å². The van der Waals surface area contributed by atoms with Crippen molar-refractivity contribution in [2.75, 3.05) is 5.32 Å². The van der Waals surface area contributed by atoms with Crippen LogP contribution in [0.15, 0.2) is 36.7 Å². The van der Waals surface area contributed by atoms with Gasteiger partial charge in [-0.2, -0.15) is 13.2 Å². The lowest BCUT2D eigenvalue weighted by molar-refractivity contribution is -0.137. The minimum absolute atomic E-state index is 0.0278. The van der Waals surface area contributed by atoms with E-state index in [9.17, 15) is 22.8 Å². The summed E-state index contributed by atoms with van der Waals surface area (Å²) in [7, 11) is 0. The van der Waals surface area contributed by atoms with E-state index in [2.05, 4.69) is 15.6 Å². The summed E-state index contributed by atoms with van der Waals surface area (Å²) in [6, 6.07) is 4.35. The standard InChI is InChI=1S/C18H17ClF3N3O2/c1-17(2,3)25-16(27)11-6-10(8-23-9-11)15(26)24-12-4-5-14(19)13(7-12)18(20,21)22/h4-9H,1-3H3,(H,24,26)(H,25,27). The van der Waals surface area contributed by atoms with Gasteiger partial charge < -0.3 is 10.6 Å². The number of hydrogen-bond acceptors (Lipinski definition) is 3. The number of nitrogens with one attached hydrogen (secondary N) is 2. The van der Waals surface area contributed by atoms with Crippen LogP contribution in [-0.4, -0.2) is 22.3 Å². The molecule has 0 fully saturated rings. The van der Waals surface area contributed by atoms with Crippen LogP contribution in [0.2, 0.25) is 5.02 Å². The molecule has 5 nitrogen and oxygen atoms in total. The summed E-state index contributed by atoms with van der Waals surface area (Å²) in [5, 5.41) is 4.60. The van der Waals surface area contributed by atoms with Crippen molar-refractivity contribution in [2.45, 2.75) is 32.5 Å².